The number of aliphatic hydroxyl groups is 4. The van der Waals surface area contributed by atoms with Gasteiger partial charge >= 0.3 is 0 Å². The van der Waals surface area contributed by atoms with Crippen LogP contribution in [0, 0.1) is 0 Å². The van der Waals surface area contributed by atoms with Crippen molar-refractivity contribution in [2.24, 2.45) is 0 Å². The van der Waals surface area contributed by atoms with E-state index in [1.165, 1.54) is 0 Å². The molecular weight excluding hydrogens is 392 g/mol. The summed E-state index contributed by atoms with van der Waals surface area (Å²) in [4.78, 5) is 0. The first-order valence-corrected chi connectivity index (χ1v) is 9.93. The van der Waals surface area contributed by atoms with Crippen LogP contribution in [0.25, 0.3) is 0 Å². The average Bonchev–Trinajstić information content (AvgIpc) is 2.77. The zero-order valence-corrected chi connectivity index (χ0v) is 16.6. The Labute approximate surface area is 174 Å². The highest BCUT2D eigenvalue weighted by atomic mass is 16.8. The monoisotopic (exact) mass is 418 g/mol. The fraction of sp³-hybridized carbons (Fsp3) is 0.455. The number of fused-ring (bicyclic) bond motifs is 2. The summed E-state index contributed by atoms with van der Waals surface area (Å²) in [6.45, 7) is 1.78. The summed E-state index contributed by atoms with van der Waals surface area (Å²) in [5.41, 5.74) is 2.36. The van der Waals surface area contributed by atoms with E-state index in [2.05, 4.69) is 0 Å². The predicted molar refractivity (Wildman–Crippen MR) is 105 cm³/mol. The number of benzene rings is 2. The minimum Gasteiger partial charge on any atom is -0.494 e. The lowest BCUT2D eigenvalue weighted by molar-refractivity contribution is -0.389. The minimum absolute atomic E-state index is 0.205. The van der Waals surface area contributed by atoms with E-state index in [-0.39, 0.29) is 6.79 Å². The van der Waals surface area contributed by atoms with Gasteiger partial charge in [0.1, 0.15) is 35.9 Å². The van der Waals surface area contributed by atoms with Gasteiger partial charge in [-0.1, -0.05) is 18.2 Å². The van der Waals surface area contributed by atoms with E-state index in [0.717, 1.165) is 16.9 Å². The lowest BCUT2D eigenvalue weighted by atomic mass is 9.86. The van der Waals surface area contributed by atoms with Crippen LogP contribution in [0.1, 0.15) is 23.6 Å². The van der Waals surface area contributed by atoms with E-state index in [1.54, 1.807) is 12.1 Å². The van der Waals surface area contributed by atoms with Crippen LogP contribution in [0.2, 0.25) is 0 Å². The Morgan fingerprint density at radius 3 is 2.47 bits per heavy atom. The number of rotatable bonds is 5. The summed E-state index contributed by atoms with van der Waals surface area (Å²) >= 11 is 0. The van der Waals surface area contributed by atoms with Gasteiger partial charge in [-0.15, -0.1) is 0 Å². The second-order valence-corrected chi connectivity index (χ2v) is 7.42. The molecule has 2 aromatic rings. The maximum absolute atomic E-state index is 10.7. The number of hydrogen-bond acceptors (Lipinski definition) is 8. The van der Waals surface area contributed by atoms with Crippen LogP contribution in [0.4, 0.5) is 0 Å². The normalized spacial score (nSPS) is 30.6. The summed E-state index contributed by atoms with van der Waals surface area (Å²) in [6.07, 6.45) is -5.10. The highest BCUT2D eigenvalue weighted by molar-refractivity contribution is 5.44. The van der Waals surface area contributed by atoms with Crippen molar-refractivity contribution in [1.82, 2.24) is 0 Å². The first kappa shape index (κ1) is 21.0. The van der Waals surface area contributed by atoms with E-state index >= 15 is 0 Å². The summed E-state index contributed by atoms with van der Waals surface area (Å²) in [6, 6.07) is 13.2. The van der Waals surface area contributed by atoms with Gasteiger partial charge in [-0.2, -0.15) is 0 Å². The summed E-state index contributed by atoms with van der Waals surface area (Å²) in [5.74, 6) is -0.515. The Hall–Kier alpha value is -2.20. The lowest BCUT2D eigenvalue weighted by Crippen LogP contribution is -2.65. The molecule has 2 aliphatic heterocycles. The molecule has 8 heteroatoms. The SMILES string of the molecule is CCOc1ccc(Cc2ccc3c(c2)[C@]2(OCO3)O[C@H](CO)[C@@H](O)[C@H](O)[C@H]2O)cc1. The first-order chi connectivity index (χ1) is 14.5. The van der Waals surface area contributed by atoms with Gasteiger partial charge in [0.2, 0.25) is 5.79 Å². The van der Waals surface area contributed by atoms with Crippen molar-refractivity contribution in [3.05, 3.63) is 59.2 Å². The largest absolute Gasteiger partial charge is 0.494 e. The van der Waals surface area contributed by atoms with Gasteiger partial charge in [0.15, 0.2) is 6.79 Å². The second-order valence-electron chi connectivity index (χ2n) is 7.42. The molecule has 0 saturated carbocycles. The standard InChI is InChI=1S/C22H26O8/c1-2-27-15-6-3-13(4-7-15)9-14-5-8-17-16(10-14)22(29-12-28-17)21(26)20(25)19(24)18(11-23)30-22/h3-8,10,18-21,23-26H,2,9,11-12H2,1H3/t18-,19-,20+,21-,22+/m1/s1. The fourth-order valence-electron chi connectivity index (χ4n) is 3.93. The Morgan fingerprint density at radius 2 is 1.77 bits per heavy atom. The summed E-state index contributed by atoms with van der Waals surface area (Å²) in [7, 11) is 0. The molecule has 0 unspecified atom stereocenters. The minimum atomic E-state index is -1.76. The van der Waals surface area contributed by atoms with Gasteiger partial charge in [-0.05, 0) is 48.7 Å². The van der Waals surface area contributed by atoms with Gasteiger partial charge in [0.05, 0.1) is 18.8 Å². The third-order valence-corrected chi connectivity index (χ3v) is 5.50. The zero-order chi connectivity index (χ0) is 21.3. The van der Waals surface area contributed by atoms with Gasteiger partial charge in [0.25, 0.3) is 0 Å². The molecule has 2 heterocycles. The molecule has 0 bridgehead atoms. The molecule has 4 N–H and O–H groups in total. The number of hydrogen-bond donors (Lipinski definition) is 4. The molecule has 2 aromatic carbocycles. The maximum atomic E-state index is 10.7. The fourth-order valence-corrected chi connectivity index (χ4v) is 3.93. The molecule has 5 atom stereocenters. The second kappa shape index (κ2) is 8.50. The van der Waals surface area contributed by atoms with Crippen molar-refractivity contribution in [3.8, 4) is 11.5 Å². The van der Waals surface area contributed by atoms with Crippen LogP contribution >= 0.6 is 0 Å². The van der Waals surface area contributed by atoms with Crippen LogP contribution in [-0.2, 0) is 21.7 Å². The third-order valence-electron chi connectivity index (χ3n) is 5.50. The number of ether oxygens (including phenoxy) is 4. The third kappa shape index (κ3) is 3.66. The molecule has 4 rings (SSSR count). The molecule has 0 amide bonds. The number of aliphatic hydroxyl groups excluding tert-OH is 4. The van der Waals surface area contributed by atoms with Crippen LogP contribution in [0.5, 0.6) is 11.5 Å². The first-order valence-electron chi connectivity index (χ1n) is 9.93. The molecule has 1 spiro atoms. The summed E-state index contributed by atoms with van der Waals surface area (Å²) < 4.78 is 22.5. The molecule has 1 fully saturated rings. The molecule has 0 aliphatic carbocycles. The zero-order valence-electron chi connectivity index (χ0n) is 16.6. The molecule has 162 valence electrons. The van der Waals surface area contributed by atoms with Crippen molar-refractivity contribution in [3.63, 3.8) is 0 Å². The molecule has 0 aromatic heterocycles. The van der Waals surface area contributed by atoms with E-state index < -0.39 is 36.8 Å². The van der Waals surface area contributed by atoms with Crippen molar-refractivity contribution in [2.75, 3.05) is 20.0 Å². The smallest absolute Gasteiger partial charge is 0.231 e. The van der Waals surface area contributed by atoms with Crippen LogP contribution in [0.15, 0.2) is 42.5 Å². The Kier molecular flexibility index (Phi) is 5.97. The Morgan fingerprint density at radius 1 is 1.03 bits per heavy atom. The van der Waals surface area contributed by atoms with Crippen LogP contribution < -0.4 is 9.47 Å². The molecule has 30 heavy (non-hydrogen) atoms. The molecule has 2 aliphatic rings. The molecule has 8 nitrogen and oxygen atoms in total. The van der Waals surface area contributed by atoms with Crippen LogP contribution in [0.3, 0.4) is 0 Å². The van der Waals surface area contributed by atoms with Gasteiger partial charge < -0.3 is 39.4 Å². The van der Waals surface area contributed by atoms with E-state index in [9.17, 15) is 20.4 Å². The van der Waals surface area contributed by atoms with E-state index in [0.29, 0.717) is 24.3 Å². The van der Waals surface area contributed by atoms with Crippen LogP contribution in [-0.4, -0.2) is 64.8 Å². The molecular formula is C22H26O8. The van der Waals surface area contributed by atoms with Gasteiger partial charge in [-0.3, -0.25) is 0 Å². The predicted octanol–water partition coefficient (Wildman–Crippen LogP) is 0.669. The average molecular weight is 418 g/mol. The maximum Gasteiger partial charge on any atom is 0.231 e. The van der Waals surface area contributed by atoms with Crippen molar-refractivity contribution in [2.45, 2.75) is 43.5 Å². The molecule has 1 saturated heterocycles. The van der Waals surface area contributed by atoms with E-state index in [4.69, 9.17) is 18.9 Å². The quantitative estimate of drug-likeness (QED) is 0.560. The highest BCUT2D eigenvalue weighted by Crippen LogP contribution is 2.46. The topological polar surface area (TPSA) is 118 Å². The van der Waals surface area contributed by atoms with Crippen molar-refractivity contribution in [1.29, 1.82) is 0 Å². The van der Waals surface area contributed by atoms with E-state index in [1.807, 2.05) is 37.3 Å². The lowest BCUT2D eigenvalue weighted by Gasteiger charge is -2.49. The Bertz CT molecular complexity index is 868. The van der Waals surface area contributed by atoms with Gasteiger partial charge in [0, 0.05) is 0 Å². The van der Waals surface area contributed by atoms with Gasteiger partial charge in [-0.25, -0.2) is 0 Å². The van der Waals surface area contributed by atoms with Crippen molar-refractivity contribution >= 4 is 0 Å². The Balaban J connectivity index is 1.66. The highest BCUT2D eigenvalue weighted by Gasteiger charge is 2.57. The summed E-state index contributed by atoms with van der Waals surface area (Å²) in [5, 5.41) is 40.7. The molecule has 0 radical (unpaired) electrons. The van der Waals surface area contributed by atoms with Crippen molar-refractivity contribution < 1.29 is 39.4 Å².